The molecule has 0 fully saturated rings. The van der Waals surface area contributed by atoms with E-state index in [-0.39, 0.29) is 0 Å². The quantitative estimate of drug-likeness (QED) is 0.569. The molecular formula is C20H25N5. The summed E-state index contributed by atoms with van der Waals surface area (Å²) in [5.41, 5.74) is 4.71. The Morgan fingerprint density at radius 2 is 1.76 bits per heavy atom. The third-order valence-electron chi connectivity index (χ3n) is 4.64. The summed E-state index contributed by atoms with van der Waals surface area (Å²) in [5, 5.41) is 13.8. The lowest BCUT2D eigenvalue weighted by Gasteiger charge is -2.13. The zero-order valence-electron chi connectivity index (χ0n) is 15.3. The van der Waals surface area contributed by atoms with Gasteiger partial charge in [0, 0.05) is 38.4 Å². The van der Waals surface area contributed by atoms with E-state index in [1.54, 1.807) is 7.05 Å². The van der Waals surface area contributed by atoms with E-state index in [0.29, 0.717) is 6.54 Å². The van der Waals surface area contributed by atoms with Crippen LogP contribution in [-0.4, -0.2) is 22.8 Å². The van der Waals surface area contributed by atoms with E-state index in [1.807, 2.05) is 18.7 Å². The molecule has 1 aromatic heterocycles. The molecule has 3 aromatic rings. The van der Waals surface area contributed by atoms with E-state index in [4.69, 9.17) is 0 Å². The number of nitrogens with zero attached hydrogens (tertiary/aromatic N) is 3. The van der Waals surface area contributed by atoms with E-state index in [9.17, 15) is 0 Å². The number of aryl methyl sites for hydroxylation is 2. The highest BCUT2D eigenvalue weighted by Crippen LogP contribution is 2.18. The number of guanidine groups is 1. The molecule has 0 amide bonds. The van der Waals surface area contributed by atoms with Gasteiger partial charge in [0.15, 0.2) is 5.96 Å². The van der Waals surface area contributed by atoms with Crippen LogP contribution in [0.2, 0.25) is 0 Å². The Morgan fingerprint density at radius 3 is 2.48 bits per heavy atom. The van der Waals surface area contributed by atoms with Gasteiger partial charge < -0.3 is 10.6 Å². The van der Waals surface area contributed by atoms with Gasteiger partial charge in [-0.15, -0.1) is 0 Å². The van der Waals surface area contributed by atoms with Gasteiger partial charge in [0.2, 0.25) is 0 Å². The Morgan fingerprint density at radius 1 is 1.04 bits per heavy atom. The monoisotopic (exact) mass is 335 g/mol. The molecule has 0 spiro atoms. The van der Waals surface area contributed by atoms with Crippen molar-refractivity contribution in [1.29, 1.82) is 0 Å². The second-order valence-corrected chi connectivity index (χ2v) is 6.19. The summed E-state index contributed by atoms with van der Waals surface area (Å²) >= 11 is 0. The van der Waals surface area contributed by atoms with Gasteiger partial charge in [-0.25, -0.2) is 0 Å². The van der Waals surface area contributed by atoms with Gasteiger partial charge in [-0.1, -0.05) is 42.5 Å². The van der Waals surface area contributed by atoms with Gasteiger partial charge in [-0.2, -0.15) is 5.10 Å². The van der Waals surface area contributed by atoms with E-state index >= 15 is 0 Å². The maximum Gasteiger partial charge on any atom is 0.191 e. The Hall–Kier alpha value is -2.82. The standard InChI is InChI=1S/C20H25N5/c1-14-19(15(2)25(4)24-14)13-23-20(21-3)22-12-17-10-7-9-16-8-5-6-11-18(16)17/h5-11H,12-13H2,1-4H3,(H2,21,22,23). The summed E-state index contributed by atoms with van der Waals surface area (Å²) in [7, 11) is 3.76. The summed E-state index contributed by atoms with van der Waals surface area (Å²) < 4.78 is 1.92. The minimum atomic E-state index is 0.709. The lowest BCUT2D eigenvalue weighted by atomic mass is 10.0. The lowest BCUT2D eigenvalue weighted by molar-refractivity contribution is 0.728. The Labute approximate surface area is 148 Å². The molecule has 1 heterocycles. The average molecular weight is 335 g/mol. The minimum absolute atomic E-state index is 0.709. The van der Waals surface area contributed by atoms with Crippen LogP contribution in [0.3, 0.4) is 0 Å². The second kappa shape index (κ2) is 7.38. The maximum absolute atomic E-state index is 4.46. The number of hydrogen-bond donors (Lipinski definition) is 2. The fourth-order valence-electron chi connectivity index (χ4n) is 3.09. The number of benzene rings is 2. The summed E-state index contributed by atoms with van der Waals surface area (Å²) in [4.78, 5) is 4.33. The molecule has 25 heavy (non-hydrogen) atoms. The molecule has 5 heteroatoms. The molecule has 2 N–H and O–H groups in total. The Kier molecular flexibility index (Phi) is 5.03. The SMILES string of the molecule is CN=C(NCc1c(C)nn(C)c1C)NCc1cccc2ccccc12. The normalized spacial score (nSPS) is 11.8. The number of aromatic nitrogens is 2. The van der Waals surface area contributed by atoms with Crippen molar-refractivity contribution in [2.75, 3.05) is 7.05 Å². The van der Waals surface area contributed by atoms with Crippen LogP contribution in [0.15, 0.2) is 47.5 Å². The molecule has 0 atom stereocenters. The van der Waals surface area contributed by atoms with Crippen LogP contribution >= 0.6 is 0 Å². The van der Waals surface area contributed by atoms with Crippen molar-refractivity contribution in [2.24, 2.45) is 12.0 Å². The fraction of sp³-hybridized carbons (Fsp3) is 0.300. The van der Waals surface area contributed by atoms with Crippen molar-refractivity contribution in [2.45, 2.75) is 26.9 Å². The van der Waals surface area contributed by atoms with Crippen LogP contribution in [0, 0.1) is 13.8 Å². The van der Waals surface area contributed by atoms with E-state index in [0.717, 1.165) is 18.2 Å². The van der Waals surface area contributed by atoms with Gasteiger partial charge in [-0.3, -0.25) is 9.67 Å². The number of nitrogens with one attached hydrogen (secondary N) is 2. The molecule has 0 bridgehead atoms. The molecule has 130 valence electrons. The topological polar surface area (TPSA) is 54.2 Å². The van der Waals surface area contributed by atoms with E-state index < -0.39 is 0 Å². The zero-order chi connectivity index (χ0) is 17.8. The largest absolute Gasteiger partial charge is 0.352 e. The number of aliphatic imine (C=N–C) groups is 1. The molecule has 2 aromatic carbocycles. The predicted molar refractivity (Wildman–Crippen MR) is 104 cm³/mol. The Balaban J connectivity index is 1.67. The van der Waals surface area contributed by atoms with Crippen LogP contribution < -0.4 is 10.6 Å². The summed E-state index contributed by atoms with van der Waals surface area (Å²) in [6, 6.07) is 14.8. The first-order valence-electron chi connectivity index (χ1n) is 8.50. The lowest BCUT2D eigenvalue weighted by Crippen LogP contribution is -2.36. The molecule has 0 saturated heterocycles. The van der Waals surface area contributed by atoms with Crippen molar-refractivity contribution < 1.29 is 0 Å². The highest BCUT2D eigenvalue weighted by molar-refractivity contribution is 5.86. The summed E-state index contributed by atoms with van der Waals surface area (Å²) in [6.07, 6.45) is 0. The third-order valence-corrected chi connectivity index (χ3v) is 4.64. The molecule has 0 aliphatic heterocycles. The zero-order valence-corrected chi connectivity index (χ0v) is 15.3. The first-order chi connectivity index (χ1) is 12.1. The van der Waals surface area contributed by atoms with Crippen molar-refractivity contribution in [1.82, 2.24) is 20.4 Å². The smallest absolute Gasteiger partial charge is 0.191 e. The molecule has 0 unspecified atom stereocenters. The van der Waals surface area contributed by atoms with E-state index in [2.05, 4.69) is 70.1 Å². The van der Waals surface area contributed by atoms with Gasteiger partial charge in [0.05, 0.1) is 5.69 Å². The number of rotatable bonds is 4. The molecule has 5 nitrogen and oxygen atoms in total. The highest BCUT2D eigenvalue weighted by Gasteiger charge is 2.10. The fourth-order valence-corrected chi connectivity index (χ4v) is 3.09. The number of fused-ring (bicyclic) bond motifs is 1. The first kappa shape index (κ1) is 17.0. The molecule has 0 saturated carbocycles. The van der Waals surface area contributed by atoms with Crippen LogP contribution in [-0.2, 0) is 20.1 Å². The molecule has 0 aliphatic carbocycles. The van der Waals surface area contributed by atoms with Crippen molar-refractivity contribution in [3.63, 3.8) is 0 Å². The summed E-state index contributed by atoms with van der Waals surface area (Å²) in [6.45, 7) is 5.56. The molecule has 0 aliphatic rings. The van der Waals surface area contributed by atoms with Crippen molar-refractivity contribution in [3.05, 3.63) is 65.0 Å². The maximum atomic E-state index is 4.46. The van der Waals surface area contributed by atoms with Gasteiger partial charge in [0.25, 0.3) is 0 Å². The van der Waals surface area contributed by atoms with Crippen LogP contribution in [0.4, 0.5) is 0 Å². The minimum Gasteiger partial charge on any atom is -0.352 e. The highest BCUT2D eigenvalue weighted by atomic mass is 15.3. The van der Waals surface area contributed by atoms with E-state index in [1.165, 1.54) is 27.6 Å². The van der Waals surface area contributed by atoms with Crippen LogP contribution in [0.5, 0.6) is 0 Å². The molecule has 3 rings (SSSR count). The van der Waals surface area contributed by atoms with Crippen LogP contribution in [0.25, 0.3) is 10.8 Å². The summed E-state index contributed by atoms with van der Waals surface area (Å²) in [5.74, 6) is 0.788. The average Bonchev–Trinajstić information content (AvgIpc) is 2.87. The predicted octanol–water partition coefficient (Wildman–Crippen LogP) is 3.06. The number of hydrogen-bond acceptors (Lipinski definition) is 2. The van der Waals surface area contributed by atoms with Gasteiger partial charge in [-0.05, 0) is 30.2 Å². The third kappa shape index (κ3) is 3.65. The van der Waals surface area contributed by atoms with Gasteiger partial charge >= 0.3 is 0 Å². The molecule has 0 radical (unpaired) electrons. The second-order valence-electron chi connectivity index (χ2n) is 6.19. The van der Waals surface area contributed by atoms with Crippen molar-refractivity contribution in [3.8, 4) is 0 Å². The van der Waals surface area contributed by atoms with Crippen LogP contribution in [0.1, 0.15) is 22.5 Å². The molecular weight excluding hydrogens is 310 g/mol. The van der Waals surface area contributed by atoms with Gasteiger partial charge in [0.1, 0.15) is 0 Å². The first-order valence-corrected chi connectivity index (χ1v) is 8.50. The van der Waals surface area contributed by atoms with Crippen molar-refractivity contribution >= 4 is 16.7 Å². The Bertz CT molecular complexity index is 902.